The highest BCUT2D eigenvalue weighted by molar-refractivity contribution is 8.00. The van der Waals surface area contributed by atoms with E-state index in [4.69, 9.17) is 11.6 Å². The monoisotopic (exact) mass is 340 g/mol. The molecular formula is C14H10ClFN2O3S. The molecule has 1 amide bonds. The molecule has 22 heavy (non-hydrogen) atoms. The highest BCUT2D eigenvalue weighted by Gasteiger charge is 2.10. The zero-order valence-corrected chi connectivity index (χ0v) is 12.7. The van der Waals surface area contributed by atoms with Gasteiger partial charge in [0.15, 0.2) is 5.82 Å². The minimum Gasteiger partial charge on any atom is -0.323 e. The van der Waals surface area contributed by atoms with Gasteiger partial charge in [0.2, 0.25) is 5.91 Å². The predicted octanol–water partition coefficient (Wildman–Crippen LogP) is 4.12. The third-order valence-electron chi connectivity index (χ3n) is 2.64. The van der Waals surface area contributed by atoms with Crippen molar-refractivity contribution in [3.05, 3.63) is 63.4 Å². The Kier molecular flexibility index (Phi) is 5.35. The Labute approximate surface area is 134 Å². The molecule has 2 rings (SSSR count). The van der Waals surface area contributed by atoms with Crippen molar-refractivity contribution in [2.24, 2.45) is 0 Å². The molecule has 2 aromatic carbocycles. The maximum absolute atomic E-state index is 13.6. The lowest BCUT2D eigenvalue weighted by Gasteiger charge is -2.07. The van der Waals surface area contributed by atoms with Crippen LogP contribution in [0.25, 0.3) is 0 Å². The van der Waals surface area contributed by atoms with Gasteiger partial charge in [0.05, 0.1) is 21.4 Å². The first-order valence-electron chi connectivity index (χ1n) is 6.08. The second kappa shape index (κ2) is 7.24. The largest absolute Gasteiger partial charge is 0.323 e. The number of rotatable bonds is 5. The Hall–Kier alpha value is -2.12. The Morgan fingerprint density at radius 1 is 1.27 bits per heavy atom. The number of benzene rings is 2. The molecule has 0 atom stereocenters. The number of hydrogen-bond donors (Lipinski definition) is 1. The van der Waals surface area contributed by atoms with E-state index in [1.54, 1.807) is 12.1 Å². The maximum Gasteiger partial charge on any atom is 0.269 e. The second-order valence-corrected chi connectivity index (χ2v) is 5.65. The summed E-state index contributed by atoms with van der Waals surface area (Å²) < 4.78 is 13.6. The first-order chi connectivity index (χ1) is 10.5. The number of amides is 1. The molecule has 0 aliphatic rings. The minimum atomic E-state index is -0.683. The van der Waals surface area contributed by atoms with Gasteiger partial charge in [-0.2, -0.15) is 0 Å². The van der Waals surface area contributed by atoms with Gasteiger partial charge in [0.1, 0.15) is 0 Å². The van der Waals surface area contributed by atoms with Crippen molar-refractivity contribution in [2.45, 2.75) is 4.90 Å². The SMILES string of the molecule is O=C(CSc1ccc([N+](=O)[O-])cc1)Nc1cccc(Cl)c1F. The summed E-state index contributed by atoms with van der Waals surface area (Å²) in [6, 6.07) is 10.2. The third-order valence-corrected chi connectivity index (χ3v) is 3.95. The molecule has 8 heteroatoms. The van der Waals surface area contributed by atoms with E-state index in [0.717, 1.165) is 0 Å². The van der Waals surface area contributed by atoms with Crippen LogP contribution in [0.15, 0.2) is 47.4 Å². The summed E-state index contributed by atoms with van der Waals surface area (Å²) in [6.07, 6.45) is 0. The number of non-ortho nitro benzene ring substituents is 1. The summed E-state index contributed by atoms with van der Waals surface area (Å²) in [7, 11) is 0. The molecule has 0 unspecified atom stereocenters. The van der Waals surface area contributed by atoms with E-state index < -0.39 is 16.6 Å². The molecular weight excluding hydrogens is 331 g/mol. The van der Waals surface area contributed by atoms with E-state index in [2.05, 4.69) is 5.32 Å². The zero-order chi connectivity index (χ0) is 16.1. The number of nitrogens with zero attached hydrogens (tertiary/aromatic N) is 1. The summed E-state index contributed by atoms with van der Waals surface area (Å²) in [6.45, 7) is 0. The molecule has 0 heterocycles. The summed E-state index contributed by atoms with van der Waals surface area (Å²) in [5.41, 5.74) is -0.00315. The number of nitrogens with one attached hydrogen (secondary N) is 1. The first kappa shape index (κ1) is 16.3. The molecule has 0 fully saturated rings. The van der Waals surface area contributed by atoms with Crippen LogP contribution in [0.4, 0.5) is 15.8 Å². The number of carbonyl (C=O) groups is 1. The molecule has 0 saturated heterocycles. The summed E-state index contributed by atoms with van der Waals surface area (Å²) in [4.78, 5) is 22.5. The lowest BCUT2D eigenvalue weighted by atomic mass is 10.3. The van der Waals surface area contributed by atoms with Gasteiger partial charge in [0.25, 0.3) is 5.69 Å². The van der Waals surface area contributed by atoms with Crippen molar-refractivity contribution < 1.29 is 14.1 Å². The van der Waals surface area contributed by atoms with Crippen LogP contribution in [0.5, 0.6) is 0 Å². The number of thioether (sulfide) groups is 1. The van der Waals surface area contributed by atoms with E-state index in [9.17, 15) is 19.3 Å². The van der Waals surface area contributed by atoms with Crippen LogP contribution < -0.4 is 5.32 Å². The van der Waals surface area contributed by atoms with E-state index in [1.807, 2.05) is 0 Å². The Morgan fingerprint density at radius 2 is 1.95 bits per heavy atom. The molecule has 0 radical (unpaired) electrons. The highest BCUT2D eigenvalue weighted by atomic mass is 35.5. The van der Waals surface area contributed by atoms with Crippen molar-refractivity contribution in [2.75, 3.05) is 11.1 Å². The highest BCUT2D eigenvalue weighted by Crippen LogP contribution is 2.24. The fourth-order valence-electron chi connectivity index (χ4n) is 1.60. The van der Waals surface area contributed by atoms with Crippen molar-refractivity contribution in [1.29, 1.82) is 0 Å². The zero-order valence-electron chi connectivity index (χ0n) is 11.1. The average molecular weight is 341 g/mol. The molecule has 0 saturated carbocycles. The molecule has 0 aromatic heterocycles. The van der Waals surface area contributed by atoms with E-state index in [-0.39, 0.29) is 22.2 Å². The van der Waals surface area contributed by atoms with Crippen LogP contribution in [0.2, 0.25) is 5.02 Å². The lowest BCUT2D eigenvalue weighted by Crippen LogP contribution is -2.15. The summed E-state index contributed by atoms with van der Waals surface area (Å²) in [5, 5.41) is 12.9. The fraction of sp³-hybridized carbons (Fsp3) is 0.0714. The topological polar surface area (TPSA) is 72.2 Å². The third kappa shape index (κ3) is 4.19. The van der Waals surface area contributed by atoms with Crippen molar-refractivity contribution in [3.8, 4) is 0 Å². The molecule has 0 spiro atoms. The molecule has 114 valence electrons. The van der Waals surface area contributed by atoms with Gasteiger partial charge < -0.3 is 5.32 Å². The van der Waals surface area contributed by atoms with Gasteiger partial charge in [-0.15, -0.1) is 11.8 Å². The number of anilines is 1. The molecule has 1 N–H and O–H groups in total. The van der Waals surface area contributed by atoms with Gasteiger partial charge in [-0.25, -0.2) is 4.39 Å². The lowest BCUT2D eigenvalue weighted by molar-refractivity contribution is -0.384. The maximum atomic E-state index is 13.6. The average Bonchev–Trinajstić information content (AvgIpc) is 2.50. The first-order valence-corrected chi connectivity index (χ1v) is 7.45. The quantitative estimate of drug-likeness (QED) is 0.505. The van der Waals surface area contributed by atoms with Crippen molar-refractivity contribution >= 4 is 40.6 Å². The second-order valence-electron chi connectivity index (χ2n) is 4.19. The number of carbonyl (C=O) groups excluding carboxylic acids is 1. The standard InChI is InChI=1S/C14H10ClFN2O3S/c15-11-2-1-3-12(14(11)16)17-13(19)8-22-10-6-4-9(5-7-10)18(20)21/h1-7H,8H2,(H,17,19). The fourth-order valence-corrected chi connectivity index (χ4v) is 2.47. The van der Waals surface area contributed by atoms with Gasteiger partial charge in [-0.1, -0.05) is 17.7 Å². The minimum absolute atomic E-state index is 0.0156. The smallest absolute Gasteiger partial charge is 0.269 e. The molecule has 2 aromatic rings. The Bertz CT molecular complexity index is 710. The van der Waals surface area contributed by atoms with Gasteiger partial charge >= 0.3 is 0 Å². The van der Waals surface area contributed by atoms with E-state index in [1.165, 1.54) is 42.1 Å². The number of hydrogen-bond acceptors (Lipinski definition) is 4. The molecule has 0 aliphatic carbocycles. The van der Waals surface area contributed by atoms with Crippen LogP contribution >= 0.6 is 23.4 Å². The predicted molar refractivity (Wildman–Crippen MR) is 83.9 cm³/mol. The van der Waals surface area contributed by atoms with Crippen LogP contribution in [0.3, 0.4) is 0 Å². The molecule has 5 nitrogen and oxygen atoms in total. The van der Waals surface area contributed by atoms with E-state index in [0.29, 0.717) is 4.90 Å². The molecule has 0 aliphatic heterocycles. The van der Waals surface area contributed by atoms with Crippen molar-refractivity contribution in [1.82, 2.24) is 0 Å². The molecule has 0 bridgehead atoms. The van der Waals surface area contributed by atoms with Gasteiger partial charge in [-0.3, -0.25) is 14.9 Å². The number of halogens is 2. The summed E-state index contributed by atoms with van der Waals surface area (Å²) in [5.74, 6) is -1.04. The Balaban J connectivity index is 1.92. The number of nitro benzene ring substituents is 1. The number of nitro groups is 1. The van der Waals surface area contributed by atoms with Crippen LogP contribution in [0.1, 0.15) is 0 Å². The van der Waals surface area contributed by atoms with Gasteiger partial charge in [-0.05, 0) is 24.3 Å². The normalized spacial score (nSPS) is 10.3. The van der Waals surface area contributed by atoms with Gasteiger partial charge in [0, 0.05) is 17.0 Å². The van der Waals surface area contributed by atoms with Crippen LogP contribution in [-0.4, -0.2) is 16.6 Å². The van der Waals surface area contributed by atoms with Crippen LogP contribution in [0, 0.1) is 15.9 Å². The van der Waals surface area contributed by atoms with Crippen molar-refractivity contribution in [3.63, 3.8) is 0 Å². The van der Waals surface area contributed by atoms with Crippen LogP contribution in [-0.2, 0) is 4.79 Å². The Morgan fingerprint density at radius 3 is 2.59 bits per heavy atom. The van der Waals surface area contributed by atoms with E-state index >= 15 is 0 Å². The summed E-state index contributed by atoms with van der Waals surface area (Å²) >= 11 is 6.81.